The topological polar surface area (TPSA) is 86.8 Å². The molecule has 2 unspecified atom stereocenters. The summed E-state index contributed by atoms with van der Waals surface area (Å²) in [6, 6.07) is 21.1. The first-order valence-corrected chi connectivity index (χ1v) is 16.6. The van der Waals surface area contributed by atoms with Gasteiger partial charge < -0.3 is 10.2 Å². The highest BCUT2D eigenvalue weighted by molar-refractivity contribution is 7.92. The van der Waals surface area contributed by atoms with E-state index in [9.17, 15) is 18.0 Å². The predicted molar refractivity (Wildman–Crippen MR) is 171 cm³/mol. The number of carbonyl (C=O) groups is 2. The smallest absolute Gasteiger partial charge is 0.243 e. The van der Waals surface area contributed by atoms with Crippen LogP contribution in [0, 0.1) is 6.92 Å². The number of anilines is 1. The Kier molecular flexibility index (Phi) is 12.3. The summed E-state index contributed by atoms with van der Waals surface area (Å²) in [6.07, 6.45) is 2.52. The summed E-state index contributed by atoms with van der Waals surface area (Å²) in [4.78, 5) is 29.2. The molecular formula is C32H39Cl2N3O4S. The monoisotopic (exact) mass is 631 g/mol. The van der Waals surface area contributed by atoms with Crippen LogP contribution < -0.4 is 9.62 Å². The zero-order valence-corrected chi connectivity index (χ0v) is 26.8. The summed E-state index contributed by atoms with van der Waals surface area (Å²) < 4.78 is 26.7. The van der Waals surface area contributed by atoms with Crippen LogP contribution in [0.5, 0.6) is 0 Å². The summed E-state index contributed by atoms with van der Waals surface area (Å²) in [5.74, 6) is -0.515. The van der Waals surface area contributed by atoms with Crippen molar-refractivity contribution in [3.8, 4) is 0 Å². The third-order valence-corrected chi connectivity index (χ3v) is 9.06. The highest BCUT2D eigenvalue weighted by Gasteiger charge is 2.31. The zero-order valence-electron chi connectivity index (χ0n) is 24.5. The van der Waals surface area contributed by atoms with Gasteiger partial charge in [0.15, 0.2) is 0 Å². The molecule has 0 aliphatic rings. The van der Waals surface area contributed by atoms with Gasteiger partial charge in [0.2, 0.25) is 21.8 Å². The van der Waals surface area contributed by atoms with Crippen LogP contribution in [0.4, 0.5) is 5.69 Å². The molecule has 0 fully saturated rings. The highest BCUT2D eigenvalue weighted by Crippen LogP contribution is 2.26. The Bertz CT molecular complexity index is 1470. The van der Waals surface area contributed by atoms with E-state index < -0.39 is 16.1 Å². The van der Waals surface area contributed by atoms with Crippen LogP contribution in [0.3, 0.4) is 0 Å². The van der Waals surface area contributed by atoms with Crippen molar-refractivity contribution in [3.05, 3.63) is 99.5 Å². The number of amides is 2. The number of nitrogens with zero attached hydrogens (tertiary/aromatic N) is 2. The van der Waals surface area contributed by atoms with Gasteiger partial charge in [-0.05, 0) is 61.6 Å². The fourth-order valence-corrected chi connectivity index (χ4v) is 6.00. The van der Waals surface area contributed by atoms with Crippen LogP contribution in [-0.4, -0.2) is 50.0 Å². The molecule has 1 N–H and O–H groups in total. The molecule has 0 bridgehead atoms. The van der Waals surface area contributed by atoms with E-state index in [1.54, 1.807) is 35.2 Å². The normalized spacial score (nSPS) is 12.8. The molecule has 0 aliphatic carbocycles. The number of nitrogens with one attached hydrogen (secondary N) is 1. The summed E-state index contributed by atoms with van der Waals surface area (Å²) in [6.45, 7) is 6.01. The van der Waals surface area contributed by atoms with Crippen molar-refractivity contribution in [2.24, 2.45) is 0 Å². The number of para-hydroxylation sites is 1. The first-order chi connectivity index (χ1) is 19.9. The zero-order chi connectivity index (χ0) is 30.9. The lowest BCUT2D eigenvalue weighted by molar-refractivity contribution is -0.141. The van der Waals surface area contributed by atoms with Gasteiger partial charge in [0.25, 0.3) is 0 Å². The Morgan fingerprint density at radius 1 is 0.929 bits per heavy atom. The number of hydrogen-bond acceptors (Lipinski definition) is 4. The molecule has 7 nitrogen and oxygen atoms in total. The van der Waals surface area contributed by atoms with E-state index in [0.717, 1.165) is 29.4 Å². The molecule has 0 spiro atoms. The summed E-state index contributed by atoms with van der Waals surface area (Å²) in [5.41, 5.74) is 3.04. The van der Waals surface area contributed by atoms with Crippen molar-refractivity contribution >= 4 is 50.7 Å². The van der Waals surface area contributed by atoms with E-state index in [1.807, 2.05) is 63.2 Å². The Balaban J connectivity index is 1.92. The van der Waals surface area contributed by atoms with E-state index in [-0.39, 0.29) is 43.8 Å². The van der Waals surface area contributed by atoms with E-state index in [0.29, 0.717) is 22.2 Å². The summed E-state index contributed by atoms with van der Waals surface area (Å²) >= 11 is 12.4. The Morgan fingerprint density at radius 3 is 2.21 bits per heavy atom. The minimum atomic E-state index is -3.59. The van der Waals surface area contributed by atoms with Crippen LogP contribution in [0.15, 0.2) is 72.8 Å². The van der Waals surface area contributed by atoms with Gasteiger partial charge in [-0.1, -0.05) is 84.7 Å². The standard InChI is InChI=1S/C32H39Cl2N3O4S/c1-5-24(3)35-32(39)30(21-25-13-7-6-8-14-25)36(22-26-17-18-27(33)28(34)20-26)31(38)16-11-19-37(42(4,40)41)29-15-10-9-12-23(29)2/h6-10,12-15,17-18,20,24,30H,5,11,16,19,21-22H2,1-4H3,(H,35,39). The maximum atomic E-state index is 13.9. The van der Waals surface area contributed by atoms with Gasteiger partial charge in [0.1, 0.15) is 6.04 Å². The van der Waals surface area contributed by atoms with Crippen LogP contribution in [0.2, 0.25) is 10.0 Å². The number of rotatable bonds is 14. The lowest BCUT2D eigenvalue weighted by Crippen LogP contribution is -2.52. The Morgan fingerprint density at radius 2 is 1.60 bits per heavy atom. The van der Waals surface area contributed by atoms with Gasteiger partial charge in [0, 0.05) is 32.0 Å². The largest absolute Gasteiger partial charge is 0.352 e. The molecule has 0 aliphatic heterocycles. The second-order valence-corrected chi connectivity index (χ2v) is 13.2. The third kappa shape index (κ3) is 9.48. The summed E-state index contributed by atoms with van der Waals surface area (Å²) in [5, 5.41) is 3.79. The van der Waals surface area contributed by atoms with Crippen LogP contribution in [0.1, 0.15) is 49.8 Å². The van der Waals surface area contributed by atoms with Crippen molar-refractivity contribution in [1.82, 2.24) is 10.2 Å². The van der Waals surface area contributed by atoms with Gasteiger partial charge in [-0.2, -0.15) is 0 Å². The van der Waals surface area contributed by atoms with Crippen molar-refractivity contribution < 1.29 is 18.0 Å². The van der Waals surface area contributed by atoms with Crippen LogP contribution in [0.25, 0.3) is 0 Å². The number of carbonyl (C=O) groups excluding carboxylic acids is 2. The third-order valence-electron chi connectivity index (χ3n) is 7.15. The van der Waals surface area contributed by atoms with E-state index in [4.69, 9.17) is 23.2 Å². The van der Waals surface area contributed by atoms with Crippen molar-refractivity contribution in [1.29, 1.82) is 0 Å². The van der Waals surface area contributed by atoms with E-state index >= 15 is 0 Å². The first kappa shape index (κ1) is 33.4. The molecule has 0 saturated heterocycles. The maximum Gasteiger partial charge on any atom is 0.243 e. The average Bonchev–Trinajstić information content (AvgIpc) is 2.95. The van der Waals surface area contributed by atoms with Gasteiger partial charge in [0.05, 0.1) is 22.0 Å². The second-order valence-electron chi connectivity index (χ2n) is 10.5. The summed E-state index contributed by atoms with van der Waals surface area (Å²) in [7, 11) is -3.59. The van der Waals surface area contributed by atoms with Crippen LogP contribution >= 0.6 is 23.2 Å². The van der Waals surface area contributed by atoms with E-state index in [1.165, 1.54) is 4.31 Å². The average molecular weight is 633 g/mol. The molecular weight excluding hydrogens is 593 g/mol. The molecule has 0 radical (unpaired) electrons. The number of benzene rings is 3. The Hall–Kier alpha value is -3.07. The number of hydrogen-bond donors (Lipinski definition) is 1. The number of sulfonamides is 1. The Labute approximate surface area is 259 Å². The molecule has 0 heterocycles. The molecule has 2 amide bonds. The fourth-order valence-electron chi connectivity index (χ4n) is 4.66. The second kappa shape index (κ2) is 15.4. The fraction of sp³-hybridized carbons (Fsp3) is 0.375. The quantitative estimate of drug-likeness (QED) is 0.223. The number of halogens is 2. The van der Waals surface area contributed by atoms with Crippen molar-refractivity contribution in [3.63, 3.8) is 0 Å². The van der Waals surface area contributed by atoms with Gasteiger partial charge in [-0.15, -0.1) is 0 Å². The molecule has 3 aromatic rings. The van der Waals surface area contributed by atoms with Gasteiger partial charge in [-0.25, -0.2) is 8.42 Å². The maximum absolute atomic E-state index is 13.9. The molecule has 0 aromatic heterocycles. The molecule has 0 saturated carbocycles. The molecule has 2 atom stereocenters. The predicted octanol–water partition coefficient (Wildman–Crippen LogP) is 6.40. The number of aryl methyl sites for hydroxylation is 1. The molecule has 42 heavy (non-hydrogen) atoms. The molecule has 3 rings (SSSR count). The molecule has 226 valence electrons. The van der Waals surface area contributed by atoms with Gasteiger partial charge >= 0.3 is 0 Å². The molecule has 10 heteroatoms. The SMILES string of the molecule is CCC(C)NC(=O)C(Cc1ccccc1)N(Cc1ccc(Cl)c(Cl)c1)C(=O)CCCN(c1ccccc1C)S(C)(=O)=O. The minimum absolute atomic E-state index is 0.0428. The van der Waals surface area contributed by atoms with Crippen LogP contribution in [-0.2, 0) is 32.6 Å². The molecule has 3 aromatic carbocycles. The minimum Gasteiger partial charge on any atom is -0.352 e. The first-order valence-electron chi connectivity index (χ1n) is 14.0. The lowest BCUT2D eigenvalue weighted by Gasteiger charge is -2.33. The highest BCUT2D eigenvalue weighted by atomic mass is 35.5. The van der Waals surface area contributed by atoms with Crippen molar-refractivity contribution in [2.75, 3.05) is 17.1 Å². The van der Waals surface area contributed by atoms with E-state index in [2.05, 4.69) is 5.32 Å². The van der Waals surface area contributed by atoms with Gasteiger partial charge in [-0.3, -0.25) is 13.9 Å². The van der Waals surface area contributed by atoms with Crippen molar-refractivity contribution in [2.45, 2.75) is 65.1 Å². The lowest BCUT2D eigenvalue weighted by atomic mass is 10.0.